The maximum absolute atomic E-state index is 12.8. The summed E-state index contributed by atoms with van der Waals surface area (Å²) in [4.78, 5) is 14.7. The maximum atomic E-state index is 12.8. The van der Waals surface area contributed by atoms with E-state index in [1.54, 1.807) is 18.2 Å². The SMILES string of the molecule is Nc1c(Cl)cccc1C(=O)N(Cc1ccccc1)C1CC1. The van der Waals surface area contributed by atoms with E-state index in [0.29, 0.717) is 28.9 Å². The Kier molecular flexibility index (Phi) is 3.84. The van der Waals surface area contributed by atoms with Gasteiger partial charge < -0.3 is 10.6 Å². The van der Waals surface area contributed by atoms with Crippen LogP contribution in [0, 0.1) is 0 Å². The second-order valence-corrected chi connectivity index (χ2v) is 5.76. The van der Waals surface area contributed by atoms with Gasteiger partial charge in [0.25, 0.3) is 5.91 Å². The highest BCUT2D eigenvalue weighted by atomic mass is 35.5. The van der Waals surface area contributed by atoms with E-state index < -0.39 is 0 Å². The van der Waals surface area contributed by atoms with Crippen LogP contribution in [0.25, 0.3) is 0 Å². The van der Waals surface area contributed by atoms with E-state index in [1.165, 1.54) is 0 Å². The number of para-hydroxylation sites is 1. The lowest BCUT2D eigenvalue weighted by Crippen LogP contribution is -2.33. The molecule has 108 valence electrons. The Bertz CT molecular complexity index is 653. The Hall–Kier alpha value is -2.00. The minimum absolute atomic E-state index is 0.0404. The first-order chi connectivity index (χ1) is 10.2. The van der Waals surface area contributed by atoms with Gasteiger partial charge in [-0.15, -0.1) is 0 Å². The number of carbonyl (C=O) groups is 1. The summed E-state index contributed by atoms with van der Waals surface area (Å²) in [6, 6.07) is 15.5. The molecule has 0 heterocycles. The van der Waals surface area contributed by atoms with Gasteiger partial charge in [-0.2, -0.15) is 0 Å². The molecule has 3 nitrogen and oxygen atoms in total. The maximum Gasteiger partial charge on any atom is 0.256 e. The molecule has 0 radical (unpaired) electrons. The first-order valence-corrected chi connectivity index (χ1v) is 7.43. The third-order valence-electron chi connectivity index (χ3n) is 3.73. The number of hydrogen-bond donors (Lipinski definition) is 1. The number of anilines is 1. The molecule has 0 bridgehead atoms. The van der Waals surface area contributed by atoms with Crippen molar-refractivity contribution in [2.24, 2.45) is 0 Å². The molecule has 0 unspecified atom stereocenters. The molecule has 1 amide bonds. The highest BCUT2D eigenvalue weighted by Crippen LogP contribution is 2.32. The summed E-state index contributed by atoms with van der Waals surface area (Å²) >= 11 is 6.02. The number of benzene rings is 2. The fraction of sp³-hybridized carbons (Fsp3) is 0.235. The van der Waals surface area contributed by atoms with Crippen molar-refractivity contribution in [3.05, 3.63) is 64.7 Å². The quantitative estimate of drug-likeness (QED) is 0.875. The van der Waals surface area contributed by atoms with Gasteiger partial charge in [-0.1, -0.05) is 48.0 Å². The molecule has 3 rings (SSSR count). The van der Waals surface area contributed by atoms with Crippen LogP contribution in [0.4, 0.5) is 5.69 Å². The van der Waals surface area contributed by atoms with Gasteiger partial charge in [0.15, 0.2) is 0 Å². The largest absolute Gasteiger partial charge is 0.397 e. The summed E-state index contributed by atoms with van der Waals surface area (Å²) < 4.78 is 0. The Morgan fingerprint density at radius 3 is 2.52 bits per heavy atom. The molecule has 0 atom stereocenters. The second kappa shape index (κ2) is 5.78. The molecule has 1 aliphatic rings. The van der Waals surface area contributed by atoms with E-state index in [0.717, 1.165) is 18.4 Å². The third kappa shape index (κ3) is 3.03. The molecule has 2 aromatic rings. The summed E-state index contributed by atoms with van der Waals surface area (Å²) in [6.07, 6.45) is 2.11. The number of nitrogens with zero attached hydrogens (tertiary/aromatic N) is 1. The van der Waals surface area contributed by atoms with E-state index in [-0.39, 0.29) is 5.91 Å². The van der Waals surface area contributed by atoms with Gasteiger partial charge in [0.1, 0.15) is 0 Å². The lowest BCUT2D eigenvalue weighted by atomic mass is 10.1. The van der Waals surface area contributed by atoms with Crippen molar-refractivity contribution in [2.45, 2.75) is 25.4 Å². The minimum atomic E-state index is -0.0404. The van der Waals surface area contributed by atoms with E-state index in [1.807, 2.05) is 35.2 Å². The van der Waals surface area contributed by atoms with E-state index >= 15 is 0 Å². The summed E-state index contributed by atoms with van der Waals surface area (Å²) in [6.45, 7) is 0.607. The van der Waals surface area contributed by atoms with Crippen molar-refractivity contribution in [3.63, 3.8) is 0 Å². The van der Waals surface area contributed by atoms with Crippen LogP contribution in [0.5, 0.6) is 0 Å². The average Bonchev–Trinajstić information content (AvgIpc) is 3.33. The van der Waals surface area contributed by atoms with Crippen LogP contribution in [0.2, 0.25) is 5.02 Å². The summed E-state index contributed by atoms with van der Waals surface area (Å²) in [5, 5.41) is 0.427. The topological polar surface area (TPSA) is 46.3 Å². The first-order valence-electron chi connectivity index (χ1n) is 7.05. The molecule has 0 saturated heterocycles. The predicted molar refractivity (Wildman–Crippen MR) is 85.2 cm³/mol. The smallest absolute Gasteiger partial charge is 0.256 e. The van der Waals surface area contributed by atoms with Crippen LogP contribution in [-0.4, -0.2) is 16.8 Å². The lowest BCUT2D eigenvalue weighted by Gasteiger charge is -2.23. The lowest BCUT2D eigenvalue weighted by molar-refractivity contribution is 0.0731. The number of halogens is 1. The van der Waals surface area contributed by atoms with Gasteiger partial charge in [-0.05, 0) is 30.5 Å². The molecule has 0 aliphatic heterocycles. The van der Waals surface area contributed by atoms with Gasteiger partial charge >= 0.3 is 0 Å². The Labute approximate surface area is 129 Å². The highest BCUT2D eigenvalue weighted by Gasteiger charge is 2.33. The van der Waals surface area contributed by atoms with E-state index in [2.05, 4.69) is 0 Å². The zero-order chi connectivity index (χ0) is 14.8. The molecule has 1 fully saturated rings. The van der Waals surface area contributed by atoms with Gasteiger partial charge in [-0.3, -0.25) is 4.79 Å². The predicted octanol–water partition coefficient (Wildman–Crippen LogP) is 3.73. The Morgan fingerprint density at radius 1 is 1.14 bits per heavy atom. The van der Waals surface area contributed by atoms with Crippen LogP contribution in [0.1, 0.15) is 28.8 Å². The second-order valence-electron chi connectivity index (χ2n) is 5.35. The van der Waals surface area contributed by atoms with Crippen LogP contribution < -0.4 is 5.73 Å². The molecule has 0 aromatic heterocycles. The molecule has 2 aromatic carbocycles. The molecular formula is C17H17ClN2O. The highest BCUT2D eigenvalue weighted by molar-refractivity contribution is 6.33. The van der Waals surface area contributed by atoms with E-state index in [9.17, 15) is 4.79 Å². The monoisotopic (exact) mass is 300 g/mol. The fourth-order valence-corrected chi connectivity index (χ4v) is 2.59. The summed E-state index contributed by atoms with van der Waals surface area (Å²) in [5.74, 6) is -0.0404. The fourth-order valence-electron chi connectivity index (χ4n) is 2.41. The van der Waals surface area contributed by atoms with Crippen LogP contribution >= 0.6 is 11.6 Å². The summed E-state index contributed by atoms with van der Waals surface area (Å²) in [5.41, 5.74) is 7.93. The van der Waals surface area contributed by atoms with Crippen molar-refractivity contribution in [3.8, 4) is 0 Å². The normalized spacial score (nSPS) is 14.0. The third-order valence-corrected chi connectivity index (χ3v) is 4.06. The van der Waals surface area contributed by atoms with Crippen molar-refractivity contribution in [1.29, 1.82) is 0 Å². The zero-order valence-electron chi connectivity index (χ0n) is 11.6. The van der Waals surface area contributed by atoms with Gasteiger partial charge in [-0.25, -0.2) is 0 Å². The minimum Gasteiger partial charge on any atom is -0.397 e. The molecule has 1 saturated carbocycles. The van der Waals surface area contributed by atoms with Crippen molar-refractivity contribution in [1.82, 2.24) is 4.90 Å². The molecule has 1 aliphatic carbocycles. The van der Waals surface area contributed by atoms with Gasteiger partial charge in [0.2, 0.25) is 0 Å². The number of rotatable bonds is 4. The molecule has 21 heavy (non-hydrogen) atoms. The Morgan fingerprint density at radius 2 is 1.86 bits per heavy atom. The molecule has 0 spiro atoms. The van der Waals surface area contributed by atoms with Gasteiger partial charge in [0, 0.05) is 12.6 Å². The van der Waals surface area contributed by atoms with Gasteiger partial charge in [0.05, 0.1) is 16.3 Å². The number of nitrogen functional groups attached to an aromatic ring is 1. The van der Waals surface area contributed by atoms with Crippen molar-refractivity contribution in [2.75, 3.05) is 5.73 Å². The zero-order valence-corrected chi connectivity index (χ0v) is 12.4. The number of amides is 1. The summed E-state index contributed by atoms with van der Waals surface area (Å²) in [7, 11) is 0. The van der Waals surface area contributed by atoms with Crippen molar-refractivity contribution < 1.29 is 4.79 Å². The van der Waals surface area contributed by atoms with Crippen LogP contribution in [-0.2, 0) is 6.54 Å². The first kappa shape index (κ1) is 14.0. The molecule has 2 N–H and O–H groups in total. The van der Waals surface area contributed by atoms with E-state index in [4.69, 9.17) is 17.3 Å². The number of nitrogens with two attached hydrogens (primary N) is 1. The standard InChI is InChI=1S/C17H17ClN2O/c18-15-8-4-7-14(16(15)19)17(21)20(13-9-10-13)11-12-5-2-1-3-6-12/h1-8,13H,9-11,19H2. The Balaban J connectivity index is 1.87. The van der Waals surface area contributed by atoms with Crippen molar-refractivity contribution >= 4 is 23.2 Å². The average molecular weight is 301 g/mol. The van der Waals surface area contributed by atoms with Crippen LogP contribution in [0.3, 0.4) is 0 Å². The number of hydrogen-bond acceptors (Lipinski definition) is 2. The van der Waals surface area contributed by atoms with Crippen LogP contribution in [0.15, 0.2) is 48.5 Å². The molecule has 4 heteroatoms. The number of carbonyl (C=O) groups excluding carboxylic acids is 1. The molecular weight excluding hydrogens is 284 g/mol.